The van der Waals surface area contributed by atoms with Crippen LogP contribution in [-0.2, 0) is 11.3 Å². The fourth-order valence-electron chi connectivity index (χ4n) is 2.69. The first kappa shape index (κ1) is 16.1. The Labute approximate surface area is 133 Å². The van der Waals surface area contributed by atoms with E-state index in [2.05, 4.69) is 20.8 Å². The highest BCUT2D eigenvalue weighted by Crippen LogP contribution is 2.34. The van der Waals surface area contributed by atoms with E-state index >= 15 is 0 Å². The number of hydrogen-bond donors (Lipinski definition) is 1. The second-order valence-electron chi connectivity index (χ2n) is 5.21. The van der Waals surface area contributed by atoms with Crippen molar-refractivity contribution in [3.05, 3.63) is 22.2 Å². The molecule has 0 amide bonds. The van der Waals surface area contributed by atoms with Crippen LogP contribution in [0.1, 0.15) is 18.4 Å². The van der Waals surface area contributed by atoms with Crippen LogP contribution in [0.2, 0.25) is 0 Å². The lowest BCUT2D eigenvalue weighted by Gasteiger charge is -2.31. The van der Waals surface area contributed by atoms with Crippen LogP contribution in [-0.4, -0.2) is 43.3 Å². The Morgan fingerprint density at radius 3 is 2.71 bits per heavy atom. The maximum absolute atomic E-state index is 11.1. The first-order chi connectivity index (χ1) is 10.0. The number of likely N-dealkylation sites (tertiary alicyclic amines) is 1. The summed E-state index contributed by atoms with van der Waals surface area (Å²) in [6.45, 7) is 2.15. The smallest absolute Gasteiger partial charge is 0.307 e. The van der Waals surface area contributed by atoms with Crippen molar-refractivity contribution in [3.63, 3.8) is 0 Å². The molecule has 6 heteroatoms. The van der Waals surface area contributed by atoms with Gasteiger partial charge in [-0.15, -0.1) is 0 Å². The molecule has 2 rings (SSSR count). The average Bonchev–Trinajstić information content (AvgIpc) is 2.48. The summed E-state index contributed by atoms with van der Waals surface area (Å²) < 4.78 is 11.6. The molecule has 116 valence electrons. The number of benzene rings is 1. The molecule has 0 aromatic heterocycles. The highest BCUT2D eigenvalue weighted by molar-refractivity contribution is 9.10. The summed E-state index contributed by atoms with van der Waals surface area (Å²) in [7, 11) is 3.26. The van der Waals surface area contributed by atoms with Crippen molar-refractivity contribution >= 4 is 21.9 Å². The lowest BCUT2D eigenvalue weighted by atomic mass is 9.98. The van der Waals surface area contributed by atoms with Crippen molar-refractivity contribution in [2.45, 2.75) is 19.4 Å². The summed E-state index contributed by atoms with van der Waals surface area (Å²) in [6, 6.07) is 3.82. The van der Waals surface area contributed by atoms with E-state index in [-0.39, 0.29) is 5.92 Å². The highest BCUT2D eigenvalue weighted by atomic mass is 79.9. The van der Waals surface area contributed by atoms with Crippen LogP contribution in [0.15, 0.2) is 16.6 Å². The van der Waals surface area contributed by atoms with E-state index in [4.69, 9.17) is 14.6 Å². The second kappa shape index (κ2) is 7.13. The summed E-state index contributed by atoms with van der Waals surface area (Å²) in [5.74, 6) is 0.542. The van der Waals surface area contributed by atoms with Gasteiger partial charge >= 0.3 is 5.97 Å². The van der Waals surface area contributed by atoms with E-state index < -0.39 is 5.97 Å². The molecule has 5 nitrogen and oxygen atoms in total. The van der Waals surface area contributed by atoms with Crippen LogP contribution in [0.3, 0.4) is 0 Å². The molecule has 0 spiro atoms. The number of carboxylic acid groups (broad SMARTS) is 1. The van der Waals surface area contributed by atoms with Gasteiger partial charge in [0.1, 0.15) is 11.5 Å². The predicted octanol–water partition coefficient (Wildman–Crippen LogP) is 2.76. The van der Waals surface area contributed by atoms with Crippen LogP contribution in [0.5, 0.6) is 11.5 Å². The van der Waals surface area contributed by atoms with Gasteiger partial charge in [-0.3, -0.25) is 9.69 Å². The molecule has 21 heavy (non-hydrogen) atoms. The van der Waals surface area contributed by atoms with Crippen LogP contribution in [0, 0.1) is 5.92 Å². The van der Waals surface area contributed by atoms with Crippen molar-refractivity contribution in [3.8, 4) is 11.5 Å². The molecule has 0 saturated carbocycles. The first-order valence-electron chi connectivity index (χ1n) is 6.90. The Hall–Kier alpha value is -1.27. The molecular formula is C15H20BrNO4. The number of nitrogens with zero attached hydrogens (tertiary/aromatic N) is 1. The lowest BCUT2D eigenvalue weighted by Crippen LogP contribution is -2.38. The molecule has 1 saturated heterocycles. The molecule has 0 radical (unpaired) electrons. The number of ether oxygens (including phenoxy) is 2. The van der Waals surface area contributed by atoms with Crippen molar-refractivity contribution in [2.75, 3.05) is 27.3 Å². The van der Waals surface area contributed by atoms with E-state index in [1.807, 2.05) is 12.1 Å². The topological polar surface area (TPSA) is 59.0 Å². The zero-order chi connectivity index (χ0) is 15.4. The Morgan fingerprint density at radius 1 is 1.38 bits per heavy atom. The van der Waals surface area contributed by atoms with E-state index in [0.717, 1.165) is 40.9 Å². The predicted molar refractivity (Wildman–Crippen MR) is 82.9 cm³/mol. The SMILES string of the molecule is COc1cc(CN2CCCC(C(=O)O)C2)c(OC)cc1Br. The van der Waals surface area contributed by atoms with Gasteiger partial charge in [-0.2, -0.15) is 0 Å². The van der Waals surface area contributed by atoms with E-state index in [0.29, 0.717) is 13.1 Å². The van der Waals surface area contributed by atoms with Crippen molar-refractivity contribution in [1.29, 1.82) is 0 Å². The summed E-state index contributed by atoms with van der Waals surface area (Å²) in [5.41, 5.74) is 1.00. The fraction of sp³-hybridized carbons (Fsp3) is 0.533. The number of carboxylic acids is 1. The third kappa shape index (κ3) is 3.89. The van der Waals surface area contributed by atoms with Gasteiger partial charge in [0.25, 0.3) is 0 Å². The van der Waals surface area contributed by atoms with Gasteiger partial charge in [0, 0.05) is 18.7 Å². The molecule has 0 bridgehead atoms. The minimum Gasteiger partial charge on any atom is -0.496 e. The monoisotopic (exact) mass is 357 g/mol. The van der Waals surface area contributed by atoms with Gasteiger partial charge in [0.2, 0.25) is 0 Å². The first-order valence-corrected chi connectivity index (χ1v) is 7.70. The molecule has 1 aromatic rings. The van der Waals surface area contributed by atoms with Crippen LogP contribution < -0.4 is 9.47 Å². The highest BCUT2D eigenvalue weighted by Gasteiger charge is 2.26. The number of hydrogen-bond acceptors (Lipinski definition) is 4. The van der Waals surface area contributed by atoms with Gasteiger partial charge in [-0.1, -0.05) is 0 Å². The standard InChI is InChI=1S/C15H20BrNO4/c1-20-13-7-12(16)14(21-2)6-11(13)9-17-5-3-4-10(8-17)15(18)19/h6-7,10H,3-5,8-9H2,1-2H3,(H,18,19). The molecule has 1 fully saturated rings. The number of rotatable bonds is 5. The molecule has 0 aliphatic carbocycles. The normalized spacial score (nSPS) is 19.3. The van der Waals surface area contributed by atoms with Gasteiger partial charge in [0.15, 0.2) is 0 Å². The number of methoxy groups -OCH3 is 2. The number of piperidine rings is 1. The lowest BCUT2D eigenvalue weighted by molar-refractivity contribution is -0.143. The number of aliphatic carboxylic acids is 1. The summed E-state index contributed by atoms with van der Waals surface area (Å²) in [6.07, 6.45) is 1.67. The Bertz CT molecular complexity index is 521. The van der Waals surface area contributed by atoms with Crippen molar-refractivity contribution in [1.82, 2.24) is 4.90 Å². The Kier molecular flexibility index (Phi) is 5.47. The van der Waals surface area contributed by atoms with Gasteiger partial charge in [-0.05, 0) is 47.4 Å². The maximum Gasteiger partial charge on any atom is 0.307 e. The minimum absolute atomic E-state index is 0.276. The molecule has 1 atom stereocenters. The molecule has 1 N–H and O–H groups in total. The molecule has 1 heterocycles. The quantitative estimate of drug-likeness (QED) is 0.877. The van der Waals surface area contributed by atoms with Crippen molar-refractivity contribution < 1.29 is 19.4 Å². The summed E-state index contributed by atoms with van der Waals surface area (Å²) in [4.78, 5) is 13.3. The van der Waals surface area contributed by atoms with Gasteiger partial charge in [0.05, 0.1) is 24.6 Å². The Morgan fingerprint density at radius 2 is 2.10 bits per heavy atom. The zero-order valence-corrected chi connectivity index (χ0v) is 13.9. The maximum atomic E-state index is 11.1. The summed E-state index contributed by atoms with van der Waals surface area (Å²) >= 11 is 3.44. The largest absolute Gasteiger partial charge is 0.496 e. The van der Waals surface area contributed by atoms with Crippen molar-refractivity contribution in [2.24, 2.45) is 5.92 Å². The summed E-state index contributed by atoms with van der Waals surface area (Å²) in [5, 5.41) is 9.16. The van der Waals surface area contributed by atoms with Crippen LogP contribution >= 0.6 is 15.9 Å². The number of carbonyl (C=O) groups is 1. The van der Waals surface area contributed by atoms with Gasteiger partial charge < -0.3 is 14.6 Å². The number of halogens is 1. The molecular weight excluding hydrogens is 338 g/mol. The van der Waals surface area contributed by atoms with Crippen LogP contribution in [0.25, 0.3) is 0 Å². The average molecular weight is 358 g/mol. The van der Waals surface area contributed by atoms with E-state index in [1.165, 1.54) is 0 Å². The fourth-order valence-corrected chi connectivity index (χ4v) is 3.17. The third-order valence-electron chi connectivity index (χ3n) is 3.80. The molecule has 1 aromatic carbocycles. The van der Waals surface area contributed by atoms with E-state index in [1.54, 1.807) is 14.2 Å². The molecule has 1 unspecified atom stereocenters. The van der Waals surface area contributed by atoms with Crippen LogP contribution in [0.4, 0.5) is 0 Å². The van der Waals surface area contributed by atoms with Gasteiger partial charge in [-0.25, -0.2) is 0 Å². The Balaban J connectivity index is 2.16. The molecule has 1 aliphatic heterocycles. The zero-order valence-electron chi connectivity index (χ0n) is 12.3. The third-order valence-corrected chi connectivity index (χ3v) is 4.42. The second-order valence-corrected chi connectivity index (χ2v) is 6.07. The minimum atomic E-state index is -0.708. The van der Waals surface area contributed by atoms with E-state index in [9.17, 15) is 4.79 Å². The molecule has 1 aliphatic rings.